The Kier molecular flexibility index (Phi) is 6.39. The Labute approximate surface area is 130 Å². The number of rotatable bonds is 6. The number of hydrogen-bond donors (Lipinski definition) is 2. The van der Waals surface area contributed by atoms with Crippen LogP contribution in [0.5, 0.6) is 0 Å². The molecule has 0 spiro atoms. The zero-order valence-electron chi connectivity index (χ0n) is 12.3. The number of hydrogen-bond acceptors (Lipinski definition) is 4. The maximum atomic E-state index is 13.9. The van der Waals surface area contributed by atoms with E-state index >= 15 is 0 Å². The summed E-state index contributed by atoms with van der Waals surface area (Å²) in [6, 6.07) is 4.44. The van der Waals surface area contributed by atoms with Crippen molar-refractivity contribution in [2.75, 3.05) is 26.2 Å². The third-order valence-electron chi connectivity index (χ3n) is 3.83. The van der Waals surface area contributed by atoms with Gasteiger partial charge in [-0.1, -0.05) is 18.5 Å². The first-order valence-corrected chi connectivity index (χ1v) is 7.75. The minimum Gasteiger partial charge on any atom is -0.374 e. The summed E-state index contributed by atoms with van der Waals surface area (Å²) in [5.74, 6) is 5.39. The first kappa shape index (κ1) is 16.6. The van der Waals surface area contributed by atoms with Gasteiger partial charge in [0.25, 0.3) is 0 Å². The molecule has 2 atom stereocenters. The second kappa shape index (κ2) is 8.06. The number of benzene rings is 1. The quantitative estimate of drug-likeness (QED) is 0.622. The molecular weight excluding hydrogens is 293 g/mol. The number of nitrogens with zero attached hydrogens (tertiary/aromatic N) is 1. The van der Waals surface area contributed by atoms with Crippen LogP contribution in [0.1, 0.15) is 18.9 Å². The molecule has 6 heteroatoms. The monoisotopic (exact) mass is 315 g/mol. The number of nitrogens with two attached hydrogens (primary N) is 1. The van der Waals surface area contributed by atoms with Crippen molar-refractivity contribution in [1.29, 1.82) is 0 Å². The van der Waals surface area contributed by atoms with Gasteiger partial charge < -0.3 is 4.74 Å². The van der Waals surface area contributed by atoms with Gasteiger partial charge in [-0.25, -0.2) is 4.39 Å². The van der Waals surface area contributed by atoms with Gasteiger partial charge in [-0.3, -0.25) is 16.2 Å². The molecule has 1 aliphatic heterocycles. The van der Waals surface area contributed by atoms with E-state index in [2.05, 4.69) is 17.2 Å². The lowest BCUT2D eigenvalue weighted by Crippen LogP contribution is -2.55. The van der Waals surface area contributed by atoms with Crippen molar-refractivity contribution in [3.63, 3.8) is 0 Å². The average Bonchev–Trinajstić information content (AvgIpc) is 2.49. The van der Waals surface area contributed by atoms with Crippen LogP contribution in [-0.4, -0.2) is 43.3 Å². The number of nitrogens with one attached hydrogen (secondary N) is 1. The number of ether oxygens (including phenoxy) is 1. The first-order chi connectivity index (χ1) is 10.1. The molecule has 2 rings (SSSR count). The average molecular weight is 316 g/mol. The van der Waals surface area contributed by atoms with Crippen LogP contribution in [0, 0.1) is 5.82 Å². The minimum absolute atomic E-state index is 0.0475. The van der Waals surface area contributed by atoms with Gasteiger partial charge in [0.2, 0.25) is 0 Å². The van der Waals surface area contributed by atoms with Crippen molar-refractivity contribution in [2.45, 2.75) is 31.9 Å². The third-order valence-corrected chi connectivity index (χ3v) is 4.06. The maximum Gasteiger partial charge on any atom is 0.126 e. The summed E-state index contributed by atoms with van der Waals surface area (Å²) in [4.78, 5) is 2.35. The molecule has 0 aromatic heterocycles. The van der Waals surface area contributed by atoms with E-state index in [4.69, 9.17) is 22.2 Å². The van der Waals surface area contributed by atoms with E-state index in [0.717, 1.165) is 26.1 Å². The van der Waals surface area contributed by atoms with Crippen molar-refractivity contribution in [2.24, 2.45) is 5.84 Å². The molecule has 2 unspecified atom stereocenters. The van der Waals surface area contributed by atoms with Crippen molar-refractivity contribution in [1.82, 2.24) is 10.3 Å². The van der Waals surface area contributed by atoms with Crippen LogP contribution < -0.4 is 11.3 Å². The van der Waals surface area contributed by atoms with Gasteiger partial charge in [-0.15, -0.1) is 0 Å². The Hall–Kier alpha value is -0.720. The van der Waals surface area contributed by atoms with Gasteiger partial charge >= 0.3 is 0 Å². The van der Waals surface area contributed by atoms with Gasteiger partial charge in [0.1, 0.15) is 5.82 Å². The SMILES string of the molecule is CCCN1CCOC(C(Cc2cc(Cl)ccc2F)NN)C1. The molecular formula is C15H23ClFN3O. The molecule has 1 heterocycles. The zero-order chi connectivity index (χ0) is 15.2. The highest BCUT2D eigenvalue weighted by Gasteiger charge is 2.28. The molecule has 0 aliphatic carbocycles. The van der Waals surface area contributed by atoms with Crippen LogP contribution in [0.15, 0.2) is 18.2 Å². The normalized spacial score (nSPS) is 21.4. The van der Waals surface area contributed by atoms with Crippen molar-refractivity contribution < 1.29 is 9.13 Å². The van der Waals surface area contributed by atoms with E-state index in [-0.39, 0.29) is 18.0 Å². The molecule has 0 radical (unpaired) electrons. The highest BCUT2D eigenvalue weighted by molar-refractivity contribution is 6.30. The summed E-state index contributed by atoms with van der Waals surface area (Å²) in [5, 5.41) is 0.527. The van der Waals surface area contributed by atoms with Crippen molar-refractivity contribution in [3.05, 3.63) is 34.6 Å². The fraction of sp³-hybridized carbons (Fsp3) is 0.600. The van der Waals surface area contributed by atoms with Crippen LogP contribution in [-0.2, 0) is 11.2 Å². The molecule has 1 aliphatic rings. The Morgan fingerprint density at radius 2 is 2.38 bits per heavy atom. The van der Waals surface area contributed by atoms with Crippen LogP contribution >= 0.6 is 11.6 Å². The Bertz CT molecular complexity index is 459. The van der Waals surface area contributed by atoms with E-state index in [1.807, 2.05) is 0 Å². The molecule has 3 N–H and O–H groups in total. The van der Waals surface area contributed by atoms with E-state index in [1.54, 1.807) is 12.1 Å². The Morgan fingerprint density at radius 1 is 1.57 bits per heavy atom. The lowest BCUT2D eigenvalue weighted by molar-refractivity contribution is -0.0463. The van der Waals surface area contributed by atoms with Gasteiger partial charge in [0.15, 0.2) is 0 Å². The molecule has 1 aromatic carbocycles. The summed E-state index contributed by atoms with van der Waals surface area (Å²) in [6.07, 6.45) is 1.51. The number of hydrazine groups is 1. The van der Waals surface area contributed by atoms with Gasteiger partial charge in [0, 0.05) is 18.1 Å². The van der Waals surface area contributed by atoms with Crippen molar-refractivity contribution in [3.8, 4) is 0 Å². The fourth-order valence-corrected chi connectivity index (χ4v) is 2.92. The van der Waals surface area contributed by atoms with E-state index in [0.29, 0.717) is 23.6 Å². The fourth-order valence-electron chi connectivity index (χ4n) is 2.73. The van der Waals surface area contributed by atoms with E-state index in [9.17, 15) is 4.39 Å². The highest BCUT2D eigenvalue weighted by atomic mass is 35.5. The highest BCUT2D eigenvalue weighted by Crippen LogP contribution is 2.19. The number of morpholine rings is 1. The summed E-state index contributed by atoms with van der Waals surface area (Å²) < 4.78 is 19.7. The summed E-state index contributed by atoms with van der Waals surface area (Å²) in [6.45, 7) is 5.63. The second-order valence-corrected chi connectivity index (χ2v) is 5.86. The van der Waals surface area contributed by atoms with Gasteiger partial charge in [-0.05, 0) is 43.1 Å². The predicted molar refractivity (Wildman–Crippen MR) is 82.7 cm³/mol. The van der Waals surface area contributed by atoms with Gasteiger partial charge in [-0.2, -0.15) is 0 Å². The Balaban J connectivity index is 2.03. The predicted octanol–water partition coefficient (Wildman–Crippen LogP) is 1.96. The molecule has 0 amide bonds. The van der Waals surface area contributed by atoms with Crippen LogP contribution in [0.2, 0.25) is 5.02 Å². The molecule has 1 fully saturated rings. The molecule has 1 saturated heterocycles. The van der Waals surface area contributed by atoms with Crippen LogP contribution in [0.3, 0.4) is 0 Å². The summed E-state index contributed by atoms with van der Waals surface area (Å²) in [7, 11) is 0. The molecule has 4 nitrogen and oxygen atoms in total. The van der Waals surface area contributed by atoms with Gasteiger partial charge in [0.05, 0.1) is 18.8 Å². The van der Waals surface area contributed by atoms with Crippen LogP contribution in [0.4, 0.5) is 4.39 Å². The summed E-state index contributed by atoms with van der Waals surface area (Å²) >= 11 is 5.94. The molecule has 0 saturated carbocycles. The standard InChI is InChI=1S/C15H23ClFN3O/c1-2-5-20-6-7-21-15(10-20)14(19-18)9-11-8-12(16)3-4-13(11)17/h3-4,8,14-15,19H,2,5-7,9-10,18H2,1H3. The zero-order valence-corrected chi connectivity index (χ0v) is 13.1. The van der Waals surface area contributed by atoms with Crippen LogP contribution in [0.25, 0.3) is 0 Å². The third kappa shape index (κ3) is 4.63. The smallest absolute Gasteiger partial charge is 0.126 e. The summed E-state index contributed by atoms with van der Waals surface area (Å²) in [5.41, 5.74) is 3.33. The largest absolute Gasteiger partial charge is 0.374 e. The lowest BCUT2D eigenvalue weighted by Gasteiger charge is -2.36. The second-order valence-electron chi connectivity index (χ2n) is 5.42. The minimum atomic E-state index is -0.263. The van der Waals surface area contributed by atoms with Crippen molar-refractivity contribution >= 4 is 11.6 Å². The molecule has 1 aromatic rings. The Morgan fingerprint density at radius 3 is 3.10 bits per heavy atom. The number of halogens is 2. The maximum absolute atomic E-state index is 13.9. The molecule has 118 valence electrons. The van der Waals surface area contributed by atoms with E-state index < -0.39 is 0 Å². The lowest BCUT2D eigenvalue weighted by atomic mass is 10.00. The topological polar surface area (TPSA) is 50.5 Å². The first-order valence-electron chi connectivity index (χ1n) is 7.38. The molecule has 0 bridgehead atoms. The van der Waals surface area contributed by atoms with E-state index in [1.165, 1.54) is 6.07 Å². The molecule has 21 heavy (non-hydrogen) atoms.